The van der Waals surface area contributed by atoms with Crippen LogP contribution in [0.3, 0.4) is 0 Å². The van der Waals surface area contributed by atoms with Crippen molar-refractivity contribution < 1.29 is 0 Å². The minimum Gasteiger partial charge on any atom is -0.369 e. The molecular formula is C19H13N3S. The van der Waals surface area contributed by atoms with Crippen LogP contribution >= 0.6 is 11.3 Å². The highest BCUT2D eigenvalue weighted by Crippen LogP contribution is 2.55. The minimum atomic E-state index is 0.259. The van der Waals surface area contributed by atoms with E-state index in [2.05, 4.69) is 50.5 Å². The molecule has 0 saturated carbocycles. The lowest BCUT2D eigenvalue weighted by molar-refractivity contribution is 0.653. The second-order valence-electron chi connectivity index (χ2n) is 6.37. The van der Waals surface area contributed by atoms with Crippen LogP contribution in [0.25, 0.3) is 10.8 Å². The zero-order chi connectivity index (χ0) is 15.0. The molecule has 2 atom stereocenters. The van der Waals surface area contributed by atoms with E-state index in [9.17, 15) is 0 Å². The molecule has 0 saturated heterocycles. The Morgan fingerprint density at radius 2 is 1.83 bits per heavy atom. The summed E-state index contributed by atoms with van der Waals surface area (Å²) in [7, 11) is 0. The summed E-state index contributed by atoms with van der Waals surface area (Å²) in [5, 5.41) is 10.7. The van der Waals surface area contributed by atoms with Gasteiger partial charge in [-0.2, -0.15) is 11.3 Å². The van der Waals surface area contributed by atoms with Crippen LogP contribution in [-0.2, 0) is 0 Å². The maximum Gasteiger partial charge on any atom is 0.107 e. The maximum absolute atomic E-state index is 4.47. The van der Waals surface area contributed by atoms with Crippen molar-refractivity contribution >= 4 is 28.3 Å². The van der Waals surface area contributed by atoms with E-state index < -0.39 is 0 Å². The van der Waals surface area contributed by atoms with Crippen molar-refractivity contribution in [2.24, 2.45) is 4.99 Å². The molecular weight excluding hydrogens is 302 g/mol. The van der Waals surface area contributed by atoms with E-state index in [1.165, 1.54) is 44.3 Å². The van der Waals surface area contributed by atoms with Gasteiger partial charge < -0.3 is 5.32 Å². The smallest absolute Gasteiger partial charge is 0.107 e. The van der Waals surface area contributed by atoms with Crippen molar-refractivity contribution in [2.45, 2.75) is 11.8 Å². The van der Waals surface area contributed by atoms with E-state index in [-0.39, 0.29) is 5.92 Å². The van der Waals surface area contributed by atoms with Gasteiger partial charge in [0.15, 0.2) is 0 Å². The van der Waals surface area contributed by atoms with E-state index >= 15 is 0 Å². The number of aliphatic imine (C=N–C) groups is 1. The second-order valence-corrected chi connectivity index (χ2v) is 7.11. The predicted molar refractivity (Wildman–Crippen MR) is 93.3 cm³/mol. The van der Waals surface area contributed by atoms with Gasteiger partial charge in [-0.25, -0.2) is 0 Å². The van der Waals surface area contributed by atoms with Crippen LogP contribution in [0.1, 0.15) is 34.1 Å². The number of thiophene rings is 1. The summed E-state index contributed by atoms with van der Waals surface area (Å²) < 4.78 is 0. The van der Waals surface area contributed by atoms with E-state index in [1.807, 2.05) is 12.4 Å². The van der Waals surface area contributed by atoms with Gasteiger partial charge in [-0.05, 0) is 62.0 Å². The molecule has 1 aromatic carbocycles. The molecule has 3 nitrogen and oxygen atoms in total. The summed E-state index contributed by atoms with van der Waals surface area (Å²) in [5.74, 6) is 0.550. The van der Waals surface area contributed by atoms with E-state index in [0.29, 0.717) is 12.6 Å². The molecule has 0 radical (unpaired) electrons. The molecule has 3 heterocycles. The topological polar surface area (TPSA) is 37.3 Å². The molecule has 4 aliphatic rings. The third-order valence-electron chi connectivity index (χ3n) is 5.31. The fourth-order valence-electron chi connectivity index (χ4n) is 4.40. The van der Waals surface area contributed by atoms with Crippen molar-refractivity contribution in [3.63, 3.8) is 0 Å². The van der Waals surface area contributed by atoms with Crippen molar-refractivity contribution in [2.75, 3.05) is 6.67 Å². The number of hydrogen-bond donors (Lipinski definition) is 1. The van der Waals surface area contributed by atoms with Crippen LogP contribution in [0.15, 0.2) is 57.6 Å². The Balaban J connectivity index is 1.74. The largest absolute Gasteiger partial charge is 0.369 e. The van der Waals surface area contributed by atoms with Gasteiger partial charge in [0.05, 0.1) is 0 Å². The highest BCUT2D eigenvalue weighted by Gasteiger charge is 2.43. The van der Waals surface area contributed by atoms with Gasteiger partial charge in [0.25, 0.3) is 0 Å². The number of nitrogens with zero attached hydrogens (tertiary/aromatic N) is 2. The average molecular weight is 315 g/mol. The summed E-state index contributed by atoms with van der Waals surface area (Å²) >= 11 is 1.78. The summed E-state index contributed by atoms with van der Waals surface area (Å²) in [6.07, 6.45) is 6.03. The van der Waals surface area contributed by atoms with Gasteiger partial charge >= 0.3 is 0 Å². The Hall–Kier alpha value is -2.46. The number of fused-ring (bicyclic) bond motifs is 1. The first kappa shape index (κ1) is 12.0. The first-order valence-electron chi connectivity index (χ1n) is 7.83. The molecule has 3 aromatic rings. The lowest BCUT2D eigenvalue weighted by Gasteiger charge is -2.43. The maximum atomic E-state index is 4.47. The summed E-state index contributed by atoms with van der Waals surface area (Å²) in [6.45, 7) is 0.679. The summed E-state index contributed by atoms with van der Waals surface area (Å²) in [6, 6.07) is 6.95. The van der Waals surface area contributed by atoms with Crippen LogP contribution in [0.2, 0.25) is 0 Å². The molecule has 110 valence electrons. The SMILES string of the molecule is C1=NCNC2=C1C1c3cnccc3C2c2cc3cscc3cc21. The summed E-state index contributed by atoms with van der Waals surface area (Å²) in [5.41, 5.74) is 8.27. The van der Waals surface area contributed by atoms with Gasteiger partial charge in [0.2, 0.25) is 0 Å². The monoisotopic (exact) mass is 315 g/mol. The predicted octanol–water partition coefficient (Wildman–Crippen LogP) is 3.77. The number of aromatic nitrogens is 1. The van der Waals surface area contributed by atoms with E-state index in [0.717, 1.165) is 0 Å². The van der Waals surface area contributed by atoms with Crippen molar-refractivity contribution in [1.82, 2.24) is 10.3 Å². The lowest BCUT2D eigenvalue weighted by atomic mass is 9.63. The molecule has 7 rings (SSSR count). The van der Waals surface area contributed by atoms with E-state index in [4.69, 9.17) is 0 Å². The molecule has 2 bridgehead atoms. The Morgan fingerprint density at radius 3 is 2.70 bits per heavy atom. The molecule has 0 spiro atoms. The number of allylic oxidation sites excluding steroid dienone is 2. The van der Waals surface area contributed by atoms with Gasteiger partial charge in [-0.15, -0.1) is 0 Å². The summed E-state index contributed by atoms with van der Waals surface area (Å²) in [4.78, 5) is 8.86. The molecule has 0 amide bonds. The number of rotatable bonds is 0. The van der Waals surface area contributed by atoms with Crippen molar-refractivity contribution in [1.29, 1.82) is 0 Å². The fourth-order valence-corrected chi connectivity index (χ4v) is 5.17. The Morgan fingerprint density at radius 1 is 1.00 bits per heavy atom. The molecule has 4 heteroatoms. The van der Waals surface area contributed by atoms with Crippen LogP contribution in [0.5, 0.6) is 0 Å². The van der Waals surface area contributed by atoms with Crippen LogP contribution in [-0.4, -0.2) is 17.9 Å². The zero-order valence-electron chi connectivity index (χ0n) is 12.3. The second kappa shape index (κ2) is 4.09. The third kappa shape index (κ3) is 1.40. The third-order valence-corrected chi connectivity index (χ3v) is 6.09. The first-order valence-corrected chi connectivity index (χ1v) is 8.77. The minimum absolute atomic E-state index is 0.259. The molecule has 1 aliphatic heterocycles. The molecule has 2 aromatic heterocycles. The Kier molecular flexibility index (Phi) is 2.14. The standard InChI is InChI=1S/C19H13N3S/c1-2-20-5-15-12(1)18-14-4-11-8-23-7-10(11)3-13(14)17(15)16-6-21-9-22-19(16)18/h1-8,17-18,22H,9H2. The highest BCUT2D eigenvalue weighted by atomic mass is 32.1. The Bertz CT molecular complexity index is 1040. The van der Waals surface area contributed by atoms with Gasteiger partial charge in [0.1, 0.15) is 6.67 Å². The van der Waals surface area contributed by atoms with Crippen molar-refractivity contribution in [3.8, 4) is 0 Å². The zero-order valence-corrected chi connectivity index (χ0v) is 13.1. The van der Waals surface area contributed by atoms with Crippen molar-refractivity contribution in [3.05, 3.63) is 74.9 Å². The Labute approximate surface area is 137 Å². The van der Waals surface area contributed by atoms with Crippen LogP contribution in [0, 0.1) is 0 Å². The quantitative estimate of drug-likeness (QED) is 0.685. The first-order chi connectivity index (χ1) is 11.4. The lowest BCUT2D eigenvalue weighted by Crippen LogP contribution is -2.36. The fraction of sp³-hybridized carbons (Fsp3) is 0.158. The number of hydrogen-bond acceptors (Lipinski definition) is 4. The highest BCUT2D eigenvalue weighted by molar-refractivity contribution is 7.09. The van der Waals surface area contributed by atoms with Crippen LogP contribution < -0.4 is 5.32 Å². The van der Waals surface area contributed by atoms with Gasteiger partial charge in [-0.3, -0.25) is 9.98 Å². The number of nitrogens with one attached hydrogen (secondary N) is 1. The molecule has 3 aliphatic carbocycles. The van der Waals surface area contributed by atoms with E-state index in [1.54, 1.807) is 11.3 Å². The molecule has 23 heavy (non-hydrogen) atoms. The molecule has 1 N–H and O–H groups in total. The molecule has 2 unspecified atom stereocenters. The van der Waals surface area contributed by atoms with Gasteiger partial charge in [0, 0.05) is 41.7 Å². The normalized spacial score (nSPS) is 23.5. The van der Waals surface area contributed by atoms with Gasteiger partial charge in [-0.1, -0.05) is 0 Å². The number of benzene rings is 1. The molecule has 0 fully saturated rings. The number of pyridine rings is 1. The van der Waals surface area contributed by atoms with Crippen LogP contribution in [0.4, 0.5) is 0 Å². The average Bonchev–Trinajstić information content (AvgIpc) is 3.06.